The predicted molar refractivity (Wildman–Crippen MR) is 68.6 cm³/mol. The fraction of sp³-hybridized carbons (Fsp3) is 0.500. The Bertz CT molecular complexity index is 485. The summed E-state index contributed by atoms with van der Waals surface area (Å²) in [4.78, 5) is 0. The quantitative estimate of drug-likeness (QED) is 0.888. The molecule has 1 aliphatic carbocycles. The number of rotatable bonds is 3. The van der Waals surface area contributed by atoms with Gasteiger partial charge in [-0.15, -0.1) is 0 Å². The van der Waals surface area contributed by atoms with E-state index in [1.807, 2.05) is 6.07 Å². The van der Waals surface area contributed by atoms with Crippen LogP contribution >= 0.6 is 0 Å². The lowest BCUT2D eigenvalue weighted by Crippen LogP contribution is -2.33. The highest BCUT2D eigenvalue weighted by Gasteiger charge is 2.35. The van der Waals surface area contributed by atoms with Gasteiger partial charge in [0.1, 0.15) is 0 Å². The largest absolute Gasteiger partial charge is 0.493 e. The number of nitrogens with zero attached hydrogens (tertiary/aromatic N) is 1. The Morgan fingerprint density at radius 3 is 2.39 bits per heavy atom. The molecule has 0 aliphatic heterocycles. The fourth-order valence-electron chi connectivity index (χ4n) is 2.67. The highest BCUT2D eigenvalue weighted by atomic mass is 16.5. The Morgan fingerprint density at radius 1 is 1.22 bits per heavy atom. The van der Waals surface area contributed by atoms with Gasteiger partial charge in [-0.3, -0.25) is 0 Å². The summed E-state index contributed by atoms with van der Waals surface area (Å²) >= 11 is 0. The van der Waals surface area contributed by atoms with Gasteiger partial charge in [-0.25, -0.2) is 0 Å². The molecule has 0 heterocycles. The van der Waals surface area contributed by atoms with Crippen LogP contribution < -0.4 is 15.2 Å². The second kappa shape index (κ2) is 4.87. The first-order valence-corrected chi connectivity index (χ1v) is 6.10. The minimum absolute atomic E-state index is 0.397. The molecule has 18 heavy (non-hydrogen) atoms. The lowest BCUT2D eigenvalue weighted by atomic mass is 9.87. The molecule has 0 spiro atoms. The zero-order chi connectivity index (χ0) is 13.2. The zero-order valence-electron chi connectivity index (χ0n) is 10.8. The van der Waals surface area contributed by atoms with Crippen molar-refractivity contribution in [2.24, 2.45) is 5.73 Å². The first-order chi connectivity index (χ1) is 8.64. The normalized spacial score (nSPS) is 17.2. The van der Waals surface area contributed by atoms with E-state index in [1.165, 1.54) is 0 Å². The molecule has 0 bridgehead atoms. The van der Waals surface area contributed by atoms with Gasteiger partial charge in [0, 0.05) is 17.2 Å². The molecule has 2 N–H and O–H groups in total. The van der Waals surface area contributed by atoms with Crippen LogP contribution in [0.15, 0.2) is 12.1 Å². The average molecular weight is 246 g/mol. The lowest BCUT2D eigenvalue weighted by molar-refractivity contribution is 0.337. The number of nitriles is 1. The summed E-state index contributed by atoms with van der Waals surface area (Å²) in [5.74, 6) is 1.23. The van der Waals surface area contributed by atoms with Gasteiger partial charge in [-0.2, -0.15) is 5.26 Å². The number of ether oxygens (including phenoxy) is 2. The molecular formula is C14H18N2O2. The number of methoxy groups -OCH3 is 2. The smallest absolute Gasteiger partial charge is 0.165 e. The van der Waals surface area contributed by atoms with Gasteiger partial charge < -0.3 is 15.2 Å². The molecule has 1 aliphatic rings. The van der Waals surface area contributed by atoms with E-state index >= 15 is 0 Å². The number of nitrogens with two attached hydrogens (primary N) is 1. The minimum atomic E-state index is -0.397. The van der Waals surface area contributed by atoms with E-state index < -0.39 is 5.54 Å². The van der Waals surface area contributed by atoms with Gasteiger partial charge in [0.05, 0.1) is 25.9 Å². The first kappa shape index (κ1) is 12.7. The van der Waals surface area contributed by atoms with Crippen LogP contribution in [0.5, 0.6) is 11.5 Å². The molecule has 1 saturated carbocycles. The molecule has 0 aromatic heterocycles. The lowest BCUT2D eigenvalue weighted by Gasteiger charge is -2.27. The summed E-state index contributed by atoms with van der Waals surface area (Å²) in [6.07, 6.45) is 4.06. The van der Waals surface area contributed by atoms with E-state index in [0.29, 0.717) is 17.1 Å². The van der Waals surface area contributed by atoms with Crippen LogP contribution in [-0.2, 0) is 5.54 Å². The third-order valence-electron chi connectivity index (χ3n) is 3.64. The van der Waals surface area contributed by atoms with Crippen LogP contribution in [0, 0.1) is 11.3 Å². The number of benzene rings is 1. The number of hydrogen-bond donors (Lipinski definition) is 1. The summed E-state index contributed by atoms with van der Waals surface area (Å²) in [6, 6.07) is 5.65. The Kier molecular flexibility index (Phi) is 3.44. The molecule has 2 rings (SSSR count). The highest BCUT2D eigenvalue weighted by Crippen LogP contribution is 2.44. The van der Waals surface area contributed by atoms with Crippen LogP contribution in [0.4, 0.5) is 0 Å². The molecule has 1 fully saturated rings. The van der Waals surface area contributed by atoms with Crippen molar-refractivity contribution in [2.45, 2.75) is 31.2 Å². The minimum Gasteiger partial charge on any atom is -0.493 e. The first-order valence-electron chi connectivity index (χ1n) is 6.10. The van der Waals surface area contributed by atoms with Gasteiger partial charge >= 0.3 is 0 Å². The van der Waals surface area contributed by atoms with Gasteiger partial charge in [0.25, 0.3) is 0 Å². The van der Waals surface area contributed by atoms with E-state index in [1.54, 1.807) is 20.3 Å². The van der Waals surface area contributed by atoms with Crippen LogP contribution in [0.2, 0.25) is 0 Å². The van der Waals surface area contributed by atoms with Crippen LogP contribution in [0.25, 0.3) is 0 Å². The van der Waals surface area contributed by atoms with Crippen molar-refractivity contribution < 1.29 is 9.47 Å². The standard InChI is InChI=1S/C14H18N2O2/c1-17-12-8-10(9-15)7-11(13(12)18-2)14(16)5-3-4-6-14/h7-8H,3-6,16H2,1-2H3. The zero-order valence-corrected chi connectivity index (χ0v) is 10.8. The second-order valence-electron chi connectivity index (χ2n) is 4.73. The molecule has 1 aromatic carbocycles. The molecule has 0 atom stereocenters. The molecule has 0 radical (unpaired) electrons. The van der Waals surface area contributed by atoms with Crippen molar-refractivity contribution in [2.75, 3.05) is 14.2 Å². The van der Waals surface area contributed by atoms with E-state index in [4.69, 9.17) is 20.5 Å². The van der Waals surface area contributed by atoms with Crippen molar-refractivity contribution in [1.29, 1.82) is 5.26 Å². The summed E-state index contributed by atoms with van der Waals surface area (Å²) in [6.45, 7) is 0. The van der Waals surface area contributed by atoms with E-state index in [0.717, 1.165) is 31.2 Å². The Hall–Kier alpha value is -1.73. The molecule has 1 aromatic rings. The molecule has 4 heteroatoms. The van der Waals surface area contributed by atoms with Crippen molar-refractivity contribution in [3.05, 3.63) is 23.3 Å². The molecule has 0 unspecified atom stereocenters. The van der Waals surface area contributed by atoms with Crippen molar-refractivity contribution >= 4 is 0 Å². The highest BCUT2D eigenvalue weighted by molar-refractivity contribution is 5.55. The Morgan fingerprint density at radius 2 is 1.89 bits per heavy atom. The summed E-state index contributed by atoms with van der Waals surface area (Å²) in [5, 5.41) is 9.09. The van der Waals surface area contributed by atoms with Crippen LogP contribution in [-0.4, -0.2) is 14.2 Å². The maximum absolute atomic E-state index is 9.09. The maximum atomic E-state index is 9.09. The molecule has 0 amide bonds. The van der Waals surface area contributed by atoms with Gasteiger partial charge in [0.2, 0.25) is 0 Å². The summed E-state index contributed by atoms with van der Waals surface area (Å²) < 4.78 is 10.7. The predicted octanol–water partition coefficient (Wildman–Crippen LogP) is 2.30. The molecule has 96 valence electrons. The summed E-state index contributed by atoms with van der Waals surface area (Å²) in [5.41, 5.74) is 7.50. The van der Waals surface area contributed by atoms with E-state index in [-0.39, 0.29) is 0 Å². The van der Waals surface area contributed by atoms with Crippen LogP contribution in [0.3, 0.4) is 0 Å². The average Bonchev–Trinajstić information content (AvgIpc) is 2.85. The Balaban J connectivity index is 2.60. The molecule has 4 nitrogen and oxygen atoms in total. The van der Waals surface area contributed by atoms with Crippen LogP contribution in [0.1, 0.15) is 36.8 Å². The maximum Gasteiger partial charge on any atom is 0.165 e. The van der Waals surface area contributed by atoms with Gasteiger partial charge in [-0.1, -0.05) is 12.8 Å². The number of hydrogen-bond acceptors (Lipinski definition) is 4. The molecular weight excluding hydrogens is 228 g/mol. The van der Waals surface area contributed by atoms with E-state index in [2.05, 4.69) is 6.07 Å². The third kappa shape index (κ3) is 2.02. The van der Waals surface area contributed by atoms with Crippen molar-refractivity contribution in [1.82, 2.24) is 0 Å². The third-order valence-corrected chi connectivity index (χ3v) is 3.64. The van der Waals surface area contributed by atoms with Gasteiger partial charge in [-0.05, 0) is 18.9 Å². The van der Waals surface area contributed by atoms with Crippen molar-refractivity contribution in [3.8, 4) is 17.6 Å². The van der Waals surface area contributed by atoms with E-state index in [9.17, 15) is 0 Å². The SMILES string of the molecule is COc1cc(C#N)cc(C2(N)CCCC2)c1OC. The van der Waals surface area contributed by atoms with Crippen molar-refractivity contribution in [3.63, 3.8) is 0 Å². The van der Waals surface area contributed by atoms with Gasteiger partial charge in [0.15, 0.2) is 11.5 Å². The Labute approximate surface area is 107 Å². The molecule has 0 saturated heterocycles. The second-order valence-corrected chi connectivity index (χ2v) is 4.73. The monoisotopic (exact) mass is 246 g/mol. The summed E-state index contributed by atoms with van der Waals surface area (Å²) in [7, 11) is 3.17. The fourth-order valence-corrected chi connectivity index (χ4v) is 2.67. The topological polar surface area (TPSA) is 68.3 Å².